The first-order valence-electron chi connectivity index (χ1n) is 5.48. The van der Waals surface area contributed by atoms with E-state index < -0.39 is 0 Å². The van der Waals surface area contributed by atoms with Crippen LogP contribution in [0, 0.1) is 11.8 Å². The summed E-state index contributed by atoms with van der Waals surface area (Å²) >= 11 is 0. The van der Waals surface area contributed by atoms with Crippen molar-refractivity contribution in [2.45, 2.75) is 19.4 Å². The van der Waals surface area contributed by atoms with E-state index in [4.69, 9.17) is 0 Å². The van der Waals surface area contributed by atoms with Crippen LogP contribution >= 0.6 is 0 Å². The number of amides is 2. The summed E-state index contributed by atoms with van der Waals surface area (Å²) in [5.41, 5.74) is 0.769. The molecular formula is C12H12N2O2. The molecule has 2 aliphatic rings. The highest BCUT2D eigenvalue weighted by Gasteiger charge is 2.59. The molecule has 1 aliphatic heterocycles. The maximum absolute atomic E-state index is 11.8. The van der Waals surface area contributed by atoms with Gasteiger partial charge in [-0.2, -0.15) is 0 Å². The van der Waals surface area contributed by atoms with Gasteiger partial charge >= 0.3 is 0 Å². The largest absolute Gasteiger partial charge is 0.274 e. The van der Waals surface area contributed by atoms with E-state index in [1.165, 1.54) is 4.90 Å². The van der Waals surface area contributed by atoms with Crippen molar-refractivity contribution in [3.63, 3.8) is 0 Å². The Morgan fingerprint density at radius 2 is 2.00 bits per heavy atom. The number of imide groups is 1. The monoisotopic (exact) mass is 216 g/mol. The van der Waals surface area contributed by atoms with Gasteiger partial charge in [-0.25, -0.2) is 0 Å². The van der Waals surface area contributed by atoms with Crippen LogP contribution in [-0.2, 0) is 9.59 Å². The Kier molecular flexibility index (Phi) is 1.87. The molecule has 3 atom stereocenters. The van der Waals surface area contributed by atoms with Crippen molar-refractivity contribution in [1.29, 1.82) is 0 Å². The number of aromatic nitrogens is 1. The number of nitrogens with zero attached hydrogens (tertiary/aromatic N) is 2. The lowest BCUT2D eigenvalue weighted by Crippen LogP contribution is -2.35. The summed E-state index contributed by atoms with van der Waals surface area (Å²) in [4.78, 5) is 29.3. The molecule has 4 heteroatoms. The van der Waals surface area contributed by atoms with Crippen LogP contribution in [0.15, 0.2) is 24.4 Å². The molecule has 0 spiro atoms. The van der Waals surface area contributed by atoms with Crippen LogP contribution in [0.3, 0.4) is 0 Å². The third-order valence-electron chi connectivity index (χ3n) is 3.40. The SMILES string of the molecule is C[C@@H](c1ccccn1)N1C(=O)[C@H]2C[C@H]2C1=O. The number of carbonyl (C=O) groups excluding carboxylic acids is 2. The molecule has 82 valence electrons. The van der Waals surface area contributed by atoms with E-state index in [2.05, 4.69) is 4.98 Å². The van der Waals surface area contributed by atoms with Crippen LogP contribution in [0.1, 0.15) is 25.1 Å². The molecule has 1 aromatic heterocycles. The summed E-state index contributed by atoms with van der Waals surface area (Å²) in [6.45, 7) is 1.85. The van der Waals surface area contributed by atoms with Crippen molar-refractivity contribution in [3.05, 3.63) is 30.1 Å². The number of hydrogen-bond donors (Lipinski definition) is 0. The van der Waals surface area contributed by atoms with Crippen LogP contribution in [0.5, 0.6) is 0 Å². The Hall–Kier alpha value is -1.71. The summed E-state index contributed by atoms with van der Waals surface area (Å²) in [5.74, 6) is -0.0985. The second kappa shape index (κ2) is 3.14. The standard InChI is InChI=1S/C12H12N2O2/c1-7(10-4-2-3-5-13-10)14-11(15)8-6-9(8)12(14)16/h2-5,7-9H,6H2,1H3/t7-,8-,9+/m0/s1. The van der Waals surface area contributed by atoms with Crippen LogP contribution in [-0.4, -0.2) is 21.7 Å². The zero-order valence-corrected chi connectivity index (χ0v) is 8.96. The smallest absolute Gasteiger partial charge is 0.233 e. The summed E-state index contributed by atoms with van der Waals surface area (Å²) in [5, 5.41) is 0. The Labute approximate surface area is 93.3 Å². The van der Waals surface area contributed by atoms with Crippen molar-refractivity contribution < 1.29 is 9.59 Å². The molecule has 4 nitrogen and oxygen atoms in total. The molecular weight excluding hydrogens is 204 g/mol. The summed E-state index contributed by atoms with van der Waals surface area (Å²) in [7, 11) is 0. The lowest BCUT2D eigenvalue weighted by atomic mass is 10.2. The second-order valence-corrected chi connectivity index (χ2v) is 4.43. The Bertz CT molecular complexity index is 437. The van der Waals surface area contributed by atoms with Gasteiger partial charge in [0.05, 0.1) is 23.6 Å². The Morgan fingerprint density at radius 3 is 2.56 bits per heavy atom. The normalized spacial score (nSPS) is 29.2. The van der Waals surface area contributed by atoms with Crippen molar-refractivity contribution in [2.24, 2.45) is 11.8 Å². The zero-order valence-electron chi connectivity index (χ0n) is 8.96. The first-order chi connectivity index (χ1) is 7.70. The van der Waals surface area contributed by atoms with Gasteiger partial charge in [-0.15, -0.1) is 0 Å². The van der Waals surface area contributed by atoms with Gasteiger partial charge < -0.3 is 0 Å². The van der Waals surface area contributed by atoms with Crippen molar-refractivity contribution in [1.82, 2.24) is 9.88 Å². The fourth-order valence-corrected chi connectivity index (χ4v) is 2.34. The maximum Gasteiger partial charge on any atom is 0.233 e. The van der Waals surface area contributed by atoms with Gasteiger partial charge in [0, 0.05) is 6.20 Å². The number of rotatable bonds is 2. The van der Waals surface area contributed by atoms with Gasteiger partial charge in [0.25, 0.3) is 0 Å². The fourth-order valence-electron chi connectivity index (χ4n) is 2.34. The number of fused-ring (bicyclic) bond motifs is 1. The first-order valence-corrected chi connectivity index (χ1v) is 5.48. The lowest BCUT2D eigenvalue weighted by Gasteiger charge is -2.23. The highest BCUT2D eigenvalue weighted by Crippen LogP contribution is 2.49. The minimum absolute atomic E-state index is 0.0202. The molecule has 2 heterocycles. The minimum atomic E-state index is -0.242. The summed E-state index contributed by atoms with van der Waals surface area (Å²) in [6.07, 6.45) is 2.43. The third kappa shape index (κ3) is 1.19. The number of pyridine rings is 1. The summed E-state index contributed by atoms with van der Waals surface area (Å²) in [6, 6.07) is 5.29. The Morgan fingerprint density at radius 1 is 1.31 bits per heavy atom. The molecule has 2 amide bonds. The van der Waals surface area contributed by atoms with Crippen LogP contribution < -0.4 is 0 Å². The topological polar surface area (TPSA) is 50.3 Å². The van der Waals surface area contributed by atoms with E-state index >= 15 is 0 Å². The Balaban J connectivity index is 1.89. The summed E-state index contributed by atoms with van der Waals surface area (Å²) < 4.78 is 0. The second-order valence-electron chi connectivity index (χ2n) is 4.43. The molecule has 3 rings (SSSR count). The molecule has 16 heavy (non-hydrogen) atoms. The first kappa shape index (κ1) is 9.51. The van der Waals surface area contributed by atoms with Crippen molar-refractivity contribution >= 4 is 11.8 Å². The molecule has 1 saturated heterocycles. The van der Waals surface area contributed by atoms with Gasteiger partial charge in [0.2, 0.25) is 11.8 Å². The molecule has 0 bridgehead atoms. The van der Waals surface area contributed by atoms with Gasteiger partial charge in [-0.05, 0) is 25.5 Å². The molecule has 2 fully saturated rings. The molecule has 1 saturated carbocycles. The van der Waals surface area contributed by atoms with Gasteiger partial charge in [0.15, 0.2) is 0 Å². The van der Waals surface area contributed by atoms with E-state index in [1.807, 2.05) is 25.1 Å². The van der Waals surface area contributed by atoms with Crippen LogP contribution in [0.4, 0.5) is 0 Å². The van der Waals surface area contributed by atoms with Crippen LogP contribution in [0.2, 0.25) is 0 Å². The average molecular weight is 216 g/mol. The van der Waals surface area contributed by atoms with Gasteiger partial charge in [-0.1, -0.05) is 6.07 Å². The van der Waals surface area contributed by atoms with Crippen LogP contribution in [0.25, 0.3) is 0 Å². The predicted octanol–water partition coefficient (Wildman–Crippen LogP) is 1.15. The number of hydrogen-bond acceptors (Lipinski definition) is 3. The lowest BCUT2D eigenvalue weighted by molar-refractivity contribution is -0.143. The molecule has 0 aromatic carbocycles. The predicted molar refractivity (Wildman–Crippen MR) is 56.1 cm³/mol. The van der Waals surface area contributed by atoms with E-state index in [1.54, 1.807) is 6.20 Å². The van der Waals surface area contributed by atoms with E-state index in [9.17, 15) is 9.59 Å². The number of likely N-dealkylation sites (tertiary alicyclic amines) is 1. The number of piperidine rings is 1. The van der Waals surface area contributed by atoms with Gasteiger partial charge in [0.1, 0.15) is 0 Å². The molecule has 1 aliphatic carbocycles. The van der Waals surface area contributed by atoms with Gasteiger partial charge in [-0.3, -0.25) is 19.5 Å². The highest BCUT2D eigenvalue weighted by atomic mass is 16.2. The average Bonchev–Trinajstić information content (AvgIpc) is 3.05. The maximum atomic E-state index is 11.8. The molecule has 0 unspecified atom stereocenters. The molecule has 0 N–H and O–H groups in total. The van der Waals surface area contributed by atoms with E-state index in [0.717, 1.165) is 12.1 Å². The minimum Gasteiger partial charge on any atom is -0.274 e. The highest BCUT2D eigenvalue weighted by molar-refractivity contribution is 6.09. The fraction of sp³-hybridized carbons (Fsp3) is 0.417. The third-order valence-corrected chi connectivity index (χ3v) is 3.40. The zero-order chi connectivity index (χ0) is 11.3. The molecule has 0 radical (unpaired) electrons. The van der Waals surface area contributed by atoms with E-state index in [0.29, 0.717) is 0 Å². The van der Waals surface area contributed by atoms with Crippen molar-refractivity contribution in [2.75, 3.05) is 0 Å². The number of carbonyl (C=O) groups is 2. The van der Waals surface area contributed by atoms with E-state index in [-0.39, 0.29) is 29.7 Å². The van der Waals surface area contributed by atoms with Crippen molar-refractivity contribution in [3.8, 4) is 0 Å². The molecule has 1 aromatic rings. The quantitative estimate of drug-likeness (QED) is 0.697.